The van der Waals surface area contributed by atoms with E-state index in [9.17, 15) is 9.90 Å². The fourth-order valence-electron chi connectivity index (χ4n) is 1.28. The lowest BCUT2D eigenvalue weighted by atomic mass is 10.0. The Balaban J connectivity index is 3.04. The third-order valence-electron chi connectivity index (χ3n) is 1.92. The van der Waals surface area contributed by atoms with Gasteiger partial charge >= 0.3 is 5.97 Å². The second-order valence-electron chi connectivity index (χ2n) is 3.05. The molecule has 0 saturated carbocycles. The smallest absolute Gasteiger partial charge is 0.310 e. The van der Waals surface area contributed by atoms with Crippen molar-refractivity contribution in [3.05, 3.63) is 27.7 Å². The number of rotatable bonds is 3. The predicted octanol–water partition coefficient (Wildman–Crippen LogP) is 2.13. The molecule has 16 heavy (non-hydrogen) atoms. The third kappa shape index (κ3) is 2.97. The minimum Gasteiger partial charge on any atom is -0.507 e. The molecule has 0 spiro atoms. The minimum absolute atomic E-state index is 0.0241. The zero-order valence-electron chi connectivity index (χ0n) is 8.66. The van der Waals surface area contributed by atoms with Gasteiger partial charge in [-0.25, -0.2) is 0 Å². The third-order valence-corrected chi connectivity index (χ3v) is 2.37. The van der Waals surface area contributed by atoms with Gasteiger partial charge in [-0.1, -0.05) is 15.9 Å². The molecule has 1 aromatic carbocycles. The topological polar surface area (TPSA) is 70.3 Å². The molecule has 0 saturated heterocycles. The molecule has 4 nitrogen and oxygen atoms in total. The van der Waals surface area contributed by atoms with Gasteiger partial charge in [-0.2, -0.15) is 5.26 Å². The number of phenols is 1. The minimum atomic E-state index is -0.420. The van der Waals surface area contributed by atoms with Crippen molar-refractivity contribution in [3.63, 3.8) is 0 Å². The number of hydrogen-bond acceptors (Lipinski definition) is 4. The first-order chi connectivity index (χ1) is 7.58. The van der Waals surface area contributed by atoms with Crippen LogP contribution in [0.1, 0.15) is 18.1 Å². The Labute approximate surface area is 102 Å². The fourth-order valence-corrected chi connectivity index (χ4v) is 1.78. The first-order valence-corrected chi connectivity index (χ1v) is 5.45. The molecule has 0 radical (unpaired) electrons. The molecule has 1 rings (SSSR count). The standard InChI is InChI=1S/C11H10BrNO3/c1-2-16-11(15)4-7-3-8(12)5-10(14)9(7)6-13/h3,5,14H,2,4H2,1H3. The van der Waals surface area contributed by atoms with Crippen molar-refractivity contribution in [1.82, 2.24) is 0 Å². The van der Waals surface area contributed by atoms with Gasteiger partial charge in [0.05, 0.1) is 18.6 Å². The van der Waals surface area contributed by atoms with Crippen LogP contribution in [-0.4, -0.2) is 17.7 Å². The van der Waals surface area contributed by atoms with Crippen LogP contribution < -0.4 is 0 Å². The highest BCUT2D eigenvalue weighted by Crippen LogP contribution is 2.26. The number of aromatic hydroxyl groups is 1. The monoisotopic (exact) mass is 283 g/mol. The van der Waals surface area contributed by atoms with Gasteiger partial charge in [0.25, 0.3) is 0 Å². The van der Waals surface area contributed by atoms with Crippen LogP contribution in [-0.2, 0) is 16.0 Å². The van der Waals surface area contributed by atoms with Gasteiger partial charge in [0.15, 0.2) is 0 Å². The van der Waals surface area contributed by atoms with Gasteiger partial charge in [0.1, 0.15) is 11.8 Å². The molecule has 5 heteroatoms. The van der Waals surface area contributed by atoms with Crippen LogP contribution in [0.4, 0.5) is 0 Å². The van der Waals surface area contributed by atoms with E-state index < -0.39 is 5.97 Å². The molecule has 0 aliphatic heterocycles. The Kier molecular flexibility index (Phi) is 4.32. The molecule has 0 heterocycles. The van der Waals surface area contributed by atoms with E-state index in [0.717, 1.165) is 0 Å². The molecule has 0 bridgehead atoms. The number of esters is 1. The number of carbonyl (C=O) groups excluding carboxylic acids is 1. The molecule has 84 valence electrons. The van der Waals surface area contributed by atoms with Crippen molar-refractivity contribution in [3.8, 4) is 11.8 Å². The molecular weight excluding hydrogens is 274 g/mol. The van der Waals surface area contributed by atoms with E-state index >= 15 is 0 Å². The summed E-state index contributed by atoms with van der Waals surface area (Å²) in [5, 5.41) is 18.4. The average Bonchev–Trinajstić information content (AvgIpc) is 2.17. The molecule has 0 aliphatic rings. The quantitative estimate of drug-likeness (QED) is 0.863. The Morgan fingerprint density at radius 1 is 1.62 bits per heavy atom. The van der Waals surface area contributed by atoms with Crippen molar-refractivity contribution < 1.29 is 14.6 Å². The van der Waals surface area contributed by atoms with E-state index in [4.69, 9.17) is 10.00 Å². The van der Waals surface area contributed by atoms with Gasteiger partial charge in [-0.05, 0) is 24.6 Å². The largest absolute Gasteiger partial charge is 0.507 e. The maximum Gasteiger partial charge on any atom is 0.310 e. The fraction of sp³-hybridized carbons (Fsp3) is 0.273. The lowest BCUT2D eigenvalue weighted by Crippen LogP contribution is -2.08. The van der Waals surface area contributed by atoms with E-state index in [-0.39, 0.29) is 17.7 Å². The molecule has 1 aromatic rings. The molecule has 0 fully saturated rings. The Morgan fingerprint density at radius 3 is 2.88 bits per heavy atom. The lowest BCUT2D eigenvalue weighted by Gasteiger charge is -2.06. The van der Waals surface area contributed by atoms with E-state index in [2.05, 4.69) is 15.9 Å². The summed E-state index contributed by atoms with van der Waals surface area (Å²) in [5.41, 5.74) is 0.559. The van der Waals surface area contributed by atoms with Gasteiger partial charge in [-0.3, -0.25) is 4.79 Å². The number of hydrogen-bond donors (Lipinski definition) is 1. The summed E-state index contributed by atoms with van der Waals surface area (Å²) in [6, 6.07) is 4.89. The summed E-state index contributed by atoms with van der Waals surface area (Å²) in [6.45, 7) is 2.00. The predicted molar refractivity (Wildman–Crippen MR) is 60.9 cm³/mol. The summed E-state index contributed by atoms with van der Waals surface area (Å²) in [4.78, 5) is 11.3. The summed E-state index contributed by atoms with van der Waals surface area (Å²) in [6.07, 6.45) is -0.0241. The van der Waals surface area contributed by atoms with Crippen LogP contribution in [0.5, 0.6) is 5.75 Å². The molecule has 0 aliphatic carbocycles. The van der Waals surface area contributed by atoms with Crippen LogP contribution in [0.15, 0.2) is 16.6 Å². The SMILES string of the molecule is CCOC(=O)Cc1cc(Br)cc(O)c1C#N. The van der Waals surface area contributed by atoms with Crippen LogP contribution in [0, 0.1) is 11.3 Å². The number of phenolic OH excluding ortho intramolecular Hbond substituents is 1. The van der Waals surface area contributed by atoms with Crippen LogP contribution in [0.2, 0.25) is 0 Å². The first-order valence-electron chi connectivity index (χ1n) is 4.65. The normalized spacial score (nSPS) is 9.56. The number of ether oxygens (including phenoxy) is 1. The lowest BCUT2D eigenvalue weighted by molar-refractivity contribution is -0.142. The Morgan fingerprint density at radius 2 is 2.31 bits per heavy atom. The van der Waals surface area contributed by atoms with Crippen molar-refractivity contribution >= 4 is 21.9 Å². The van der Waals surface area contributed by atoms with Crippen molar-refractivity contribution in [2.75, 3.05) is 6.61 Å². The van der Waals surface area contributed by atoms with E-state index in [1.807, 2.05) is 6.07 Å². The summed E-state index contributed by atoms with van der Waals surface area (Å²) in [5.74, 6) is -0.562. The first kappa shape index (κ1) is 12.5. The molecular formula is C11H10BrNO3. The zero-order chi connectivity index (χ0) is 12.1. The highest BCUT2D eigenvalue weighted by molar-refractivity contribution is 9.10. The van der Waals surface area contributed by atoms with Gasteiger partial charge in [0, 0.05) is 4.47 Å². The maximum absolute atomic E-state index is 11.3. The summed E-state index contributed by atoms with van der Waals surface area (Å²) >= 11 is 3.18. The van der Waals surface area contributed by atoms with Crippen molar-refractivity contribution in [2.45, 2.75) is 13.3 Å². The number of benzene rings is 1. The Bertz CT molecular complexity index is 451. The Hall–Kier alpha value is -1.54. The number of carbonyl (C=O) groups is 1. The zero-order valence-corrected chi connectivity index (χ0v) is 10.2. The number of nitrogens with zero attached hydrogens (tertiary/aromatic N) is 1. The maximum atomic E-state index is 11.3. The highest BCUT2D eigenvalue weighted by Gasteiger charge is 2.13. The molecule has 0 atom stereocenters. The molecule has 0 aromatic heterocycles. The van der Waals surface area contributed by atoms with E-state index in [1.54, 1.807) is 13.0 Å². The van der Waals surface area contributed by atoms with Crippen molar-refractivity contribution in [1.29, 1.82) is 5.26 Å². The molecule has 1 N–H and O–H groups in total. The summed E-state index contributed by atoms with van der Waals surface area (Å²) in [7, 11) is 0. The molecule has 0 unspecified atom stereocenters. The van der Waals surface area contributed by atoms with Crippen LogP contribution in [0.25, 0.3) is 0 Å². The van der Waals surface area contributed by atoms with Gasteiger partial charge < -0.3 is 9.84 Å². The van der Waals surface area contributed by atoms with Crippen LogP contribution in [0.3, 0.4) is 0 Å². The number of nitriles is 1. The average molecular weight is 284 g/mol. The van der Waals surface area contributed by atoms with E-state index in [0.29, 0.717) is 16.6 Å². The van der Waals surface area contributed by atoms with Gasteiger partial charge in [-0.15, -0.1) is 0 Å². The van der Waals surface area contributed by atoms with Crippen LogP contribution >= 0.6 is 15.9 Å². The second kappa shape index (κ2) is 5.52. The molecule has 0 amide bonds. The van der Waals surface area contributed by atoms with Gasteiger partial charge in [0.2, 0.25) is 0 Å². The second-order valence-corrected chi connectivity index (χ2v) is 3.97. The number of halogens is 1. The van der Waals surface area contributed by atoms with Crippen molar-refractivity contribution in [2.24, 2.45) is 0 Å². The van der Waals surface area contributed by atoms with E-state index in [1.165, 1.54) is 6.07 Å². The summed E-state index contributed by atoms with van der Waals surface area (Å²) < 4.78 is 5.39. The highest BCUT2D eigenvalue weighted by atomic mass is 79.9.